The maximum Gasteiger partial charge on any atom is 0.262 e. The second-order valence-electron chi connectivity index (χ2n) is 2.95. The third-order valence-electron chi connectivity index (χ3n) is 1.74. The van der Waals surface area contributed by atoms with Crippen LogP contribution in [0, 0.1) is 0 Å². The van der Waals surface area contributed by atoms with E-state index in [2.05, 4.69) is 9.97 Å². The third kappa shape index (κ3) is 2.53. The van der Waals surface area contributed by atoms with Gasteiger partial charge in [-0.25, -0.2) is 9.97 Å². The zero-order valence-corrected chi connectivity index (χ0v) is 9.53. The van der Waals surface area contributed by atoms with Gasteiger partial charge in [0.15, 0.2) is 5.82 Å². The number of nitrogens with two attached hydrogens (primary N) is 1. The van der Waals surface area contributed by atoms with Crippen LogP contribution in [0.1, 0.15) is 0 Å². The van der Waals surface area contributed by atoms with Crippen LogP contribution in [0.3, 0.4) is 0 Å². The first-order valence-electron chi connectivity index (χ1n) is 4.35. The van der Waals surface area contributed by atoms with Crippen molar-refractivity contribution in [2.45, 2.75) is 0 Å². The number of rotatable bonds is 2. The largest absolute Gasteiger partial charge is 0.436 e. The topological polar surface area (TPSA) is 61.0 Å². The van der Waals surface area contributed by atoms with Crippen molar-refractivity contribution in [2.75, 3.05) is 5.73 Å². The predicted molar refractivity (Wildman–Crippen MR) is 63.0 cm³/mol. The molecule has 0 unspecified atom stereocenters. The molecule has 2 rings (SSSR count). The lowest BCUT2D eigenvalue weighted by Crippen LogP contribution is -1.96. The van der Waals surface area contributed by atoms with Gasteiger partial charge >= 0.3 is 0 Å². The van der Waals surface area contributed by atoms with E-state index in [1.165, 1.54) is 12.4 Å². The average Bonchev–Trinajstić information content (AvgIpc) is 2.20. The van der Waals surface area contributed by atoms with Crippen molar-refractivity contribution in [3.05, 3.63) is 40.6 Å². The van der Waals surface area contributed by atoms with E-state index in [1.807, 2.05) is 0 Å². The number of aromatic nitrogens is 2. The van der Waals surface area contributed by atoms with Crippen LogP contribution in [0.4, 0.5) is 5.82 Å². The Bertz CT molecular complexity index is 499. The number of benzene rings is 1. The lowest BCUT2D eigenvalue weighted by atomic mass is 10.3. The van der Waals surface area contributed by atoms with Gasteiger partial charge in [0.05, 0.1) is 0 Å². The Kier molecular flexibility index (Phi) is 3.12. The lowest BCUT2D eigenvalue weighted by Gasteiger charge is -2.06. The molecule has 16 heavy (non-hydrogen) atoms. The maximum absolute atomic E-state index is 5.82. The van der Waals surface area contributed by atoms with E-state index in [1.54, 1.807) is 18.2 Å². The molecule has 0 radical (unpaired) electrons. The molecule has 0 aliphatic carbocycles. The molecule has 82 valence electrons. The zero-order chi connectivity index (χ0) is 11.5. The number of halogens is 2. The molecule has 2 N–H and O–H groups in total. The van der Waals surface area contributed by atoms with Gasteiger partial charge in [-0.2, -0.15) is 0 Å². The standard InChI is InChI=1S/C10H7Cl2N3O/c11-6-3-7(12)5-8(4-6)16-10-9(13)14-1-2-15-10/h1-5H,(H2,13,14). The molecule has 0 amide bonds. The van der Waals surface area contributed by atoms with Crippen LogP contribution in [-0.2, 0) is 0 Å². The van der Waals surface area contributed by atoms with E-state index in [-0.39, 0.29) is 11.7 Å². The van der Waals surface area contributed by atoms with Crippen molar-refractivity contribution in [3.8, 4) is 11.6 Å². The van der Waals surface area contributed by atoms with Crippen LogP contribution >= 0.6 is 23.2 Å². The van der Waals surface area contributed by atoms with Gasteiger partial charge < -0.3 is 10.5 Å². The summed E-state index contributed by atoms with van der Waals surface area (Å²) in [6.07, 6.45) is 2.96. The molecular weight excluding hydrogens is 249 g/mol. The summed E-state index contributed by atoms with van der Waals surface area (Å²) in [5, 5.41) is 0.954. The molecule has 0 saturated carbocycles. The third-order valence-corrected chi connectivity index (χ3v) is 2.18. The molecule has 1 aromatic carbocycles. The molecule has 2 aromatic rings. The second-order valence-corrected chi connectivity index (χ2v) is 3.83. The van der Waals surface area contributed by atoms with Crippen molar-refractivity contribution in [1.82, 2.24) is 9.97 Å². The molecule has 0 spiro atoms. The van der Waals surface area contributed by atoms with E-state index in [9.17, 15) is 0 Å². The van der Waals surface area contributed by atoms with Gasteiger partial charge in [0.2, 0.25) is 0 Å². The number of hydrogen-bond acceptors (Lipinski definition) is 4. The Morgan fingerprint density at radius 1 is 1.00 bits per heavy atom. The minimum Gasteiger partial charge on any atom is -0.436 e. The highest BCUT2D eigenvalue weighted by Gasteiger charge is 2.05. The normalized spacial score (nSPS) is 10.1. The highest BCUT2D eigenvalue weighted by Crippen LogP contribution is 2.28. The summed E-state index contributed by atoms with van der Waals surface area (Å²) in [5.41, 5.74) is 5.58. The number of anilines is 1. The lowest BCUT2D eigenvalue weighted by molar-refractivity contribution is 0.463. The summed E-state index contributed by atoms with van der Waals surface area (Å²) in [6, 6.07) is 4.83. The van der Waals surface area contributed by atoms with Crippen molar-refractivity contribution in [3.63, 3.8) is 0 Å². The molecule has 0 aliphatic heterocycles. The van der Waals surface area contributed by atoms with E-state index >= 15 is 0 Å². The number of hydrogen-bond donors (Lipinski definition) is 1. The predicted octanol–water partition coefficient (Wildman–Crippen LogP) is 3.16. The first-order chi connectivity index (χ1) is 7.65. The van der Waals surface area contributed by atoms with Gasteiger partial charge in [0, 0.05) is 22.4 Å². The van der Waals surface area contributed by atoms with E-state index in [0.717, 1.165) is 0 Å². The minimum atomic E-state index is 0.207. The Labute approximate surface area is 102 Å². The Morgan fingerprint density at radius 2 is 1.62 bits per heavy atom. The fourth-order valence-electron chi connectivity index (χ4n) is 1.11. The first-order valence-corrected chi connectivity index (χ1v) is 5.11. The molecule has 1 aromatic heterocycles. The van der Waals surface area contributed by atoms with Gasteiger partial charge in [-0.15, -0.1) is 0 Å². The summed E-state index contributed by atoms with van der Waals surface area (Å²) < 4.78 is 5.40. The SMILES string of the molecule is Nc1nccnc1Oc1cc(Cl)cc(Cl)c1. The molecular formula is C10H7Cl2N3O. The highest BCUT2D eigenvalue weighted by molar-refractivity contribution is 6.34. The summed E-state index contributed by atoms with van der Waals surface area (Å²) in [5.74, 6) is 0.893. The number of nitrogen functional groups attached to an aromatic ring is 1. The summed E-state index contributed by atoms with van der Waals surface area (Å²) in [6.45, 7) is 0. The first kappa shape index (κ1) is 11.0. The van der Waals surface area contributed by atoms with Crippen molar-refractivity contribution < 1.29 is 4.74 Å². The molecule has 1 heterocycles. The fraction of sp³-hybridized carbons (Fsp3) is 0. The average molecular weight is 256 g/mol. The van der Waals surface area contributed by atoms with Crippen LogP contribution in [0.15, 0.2) is 30.6 Å². The summed E-state index contributed by atoms with van der Waals surface area (Å²) >= 11 is 11.6. The molecule has 0 bridgehead atoms. The minimum absolute atomic E-state index is 0.207. The maximum atomic E-state index is 5.82. The molecule has 0 fully saturated rings. The quantitative estimate of drug-likeness (QED) is 0.896. The number of nitrogens with zero attached hydrogens (tertiary/aromatic N) is 2. The van der Waals surface area contributed by atoms with Gasteiger partial charge in [-0.05, 0) is 18.2 Å². The van der Waals surface area contributed by atoms with Crippen molar-refractivity contribution in [1.29, 1.82) is 0 Å². The molecule has 6 heteroatoms. The van der Waals surface area contributed by atoms with E-state index < -0.39 is 0 Å². The smallest absolute Gasteiger partial charge is 0.262 e. The highest BCUT2D eigenvalue weighted by atomic mass is 35.5. The Hall–Kier alpha value is -1.52. The molecule has 4 nitrogen and oxygen atoms in total. The molecule has 0 saturated heterocycles. The number of ether oxygens (including phenoxy) is 1. The van der Waals surface area contributed by atoms with Gasteiger partial charge in [0.1, 0.15) is 5.75 Å². The van der Waals surface area contributed by atoms with E-state index in [4.69, 9.17) is 33.7 Å². The van der Waals surface area contributed by atoms with Crippen LogP contribution in [0.5, 0.6) is 11.6 Å². The Morgan fingerprint density at radius 3 is 2.25 bits per heavy atom. The van der Waals surface area contributed by atoms with Crippen LogP contribution < -0.4 is 10.5 Å². The van der Waals surface area contributed by atoms with Crippen molar-refractivity contribution in [2.24, 2.45) is 0 Å². The molecule has 0 atom stereocenters. The zero-order valence-electron chi connectivity index (χ0n) is 8.02. The summed E-state index contributed by atoms with van der Waals surface area (Å²) in [4.78, 5) is 7.78. The van der Waals surface area contributed by atoms with Crippen LogP contribution in [0.25, 0.3) is 0 Å². The van der Waals surface area contributed by atoms with Gasteiger partial charge in [-0.3, -0.25) is 0 Å². The second kappa shape index (κ2) is 4.55. The van der Waals surface area contributed by atoms with Crippen LogP contribution in [-0.4, -0.2) is 9.97 Å². The van der Waals surface area contributed by atoms with E-state index in [0.29, 0.717) is 15.8 Å². The van der Waals surface area contributed by atoms with Crippen LogP contribution in [0.2, 0.25) is 10.0 Å². The monoisotopic (exact) mass is 255 g/mol. The van der Waals surface area contributed by atoms with Gasteiger partial charge in [0.25, 0.3) is 5.88 Å². The molecule has 0 aliphatic rings. The Balaban J connectivity index is 2.30. The fourth-order valence-corrected chi connectivity index (χ4v) is 1.62. The van der Waals surface area contributed by atoms with Gasteiger partial charge in [-0.1, -0.05) is 23.2 Å². The van der Waals surface area contributed by atoms with Crippen molar-refractivity contribution >= 4 is 29.0 Å². The summed E-state index contributed by atoms with van der Waals surface area (Å²) in [7, 11) is 0.